The van der Waals surface area contributed by atoms with Gasteiger partial charge in [-0.15, -0.1) is 11.3 Å². The van der Waals surface area contributed by atoms with Crippen molar-refractivity contribution in [2.24, 2.45) is 0 Å². The second-order valence-electron chi connectivity index (χ2n) is 5.93. The Kier molecular flexibility index (Phi) is 4.52. The molecule has 27 heavy (non-hydrogen) atoms. The maximum Gasteiger partial charge on any atom is 0.262 e. The third-order valence-electron chi connectivity index (χ3n) is 4.02. The average Bonchev–Trinajstić information content (AvgIpc) is 3.12. The summed E-state index contributed by atoms with van der Waals surface area (Å²) < 4.78 is 14.2. The van der Waals surface area contributed by atoms with Gasteiger partial charge in [0, 0.05) is 10.6 Å². The first-order valence-corrected chi connectivity index (χ1v) is 9.01. The van der Waals surface area contributed by atoms with Gasteiger partial charge in [0.05, 0.1) is 11.7 Å². The van der Waals surface area contributed by atoms with E-state index in [0.29, 0.717) is 15.9 Å². The number of thiophene rings is 1. The molecule has 0 saturated carbocycles. The zero-order valence-corrected chi connectivity index (χ0v) is 14.9. The maximum absolute atomic E-state index is 12.9. The zero-order chi connectivity index (χ0) is 18.8. The van der Waals surface area contributed by atoms with E-state index in [9.17, 15) is 14.0 Å². The van der Waals surface area contributed by atoms with Crippen molar-refractivity contribution in [3.63, 3.8) is 0 Å². The molecule has 0 aliphatic carbocycles. The van der Waals surface area contributed by atoms with Crippen LogP contribution in [0.25, 0.3) is 20.7 Å². The highest BCUT2D eigenvalue weighted by atomic mass is 32.1. The number of nitrogens with one attached hydrogen (secondary N) is 1. The number of fused-ring (bicyclic) bond motifs is 1. The molecule has 0 bridgehead atoms. The quantitative estimate of drug-likeness (QED) is 0.585. The van der Waals surface area contributed by atoms with Crippen LogP contribution in [0.5, 0.6) is 0 Å². The van der Waals surface area contributed by atoms with Gasteiger partial charge in [0.1, 0.15) is 17.2 Å². The fourth-order valence-electron chi connectivity index (χ4n) is 2.71. The zero-order valence-electron chi connectivity index (χ0n) is 14.1. The van der Waals surface area contributed by atoms with Gasteiger partial charge in [0.2, 0.25) is 5.91 Å². The summed E-state index contributed by atoms with van der Waals surface area (Å²) in [6, 6.07) is 17.0. The summed E-state index contributed by atoms with van der Waals surface area (Å²) in [5, 5.41) is 3.12. The van der Waals surface area contributed by atoms with Crippen LogP contribution in [0.3, 0.4) is 0 Å². The van der Waals surface area contributed by atoms with Crippen molar-refractivity contribution in [2.75, 3.05) is 5.32 Å². The Labute approximate surface area is 157 Å². The number of amides is 1. The maximum atomic E-state index is 12.9. The van der Waals surface area contributed by atoms with Crippen molar-refractivity contribution in [1.82, 2.24) is 9.55 Å². The van der Waals surface area contributed by atoms with Crippen molar-refractivity contribution in [3.05, 3.63) is 83.2 Å². The topological polar surface area (TPSA) is 64.0 Å². The van der Waals surface area contributed by atoms with Crippen LogP contribution in [0.2, 0.25) is 0 Å². The molecule has 0 spiro atoms. The fraction of sp³-hybridized carbons (Fsp3) is 0.0500. The number of anilines is 1. The number of benzene rings is 2. The van der Waals surface area contributed by atoms with E-state index in [4.69, 9.17) is 0 Å². The molecule has 2 aromatic heterocycles. The van der Waals surface area contributed by atoms with Crippen molar-refractivity contribution >= 4 is 33.1 Å². The molecule has 0 aliphatic heterocycles. The smallest absolute Gasteiger partial charge is 0.262 e. The van der Waals surface area contributed by atoms with E-state index in [-0.39, 0.29) is 23.8 Å². The number of carbonyl (C=O) groups excluding carboxylic acids is 1. The predicted octanol–water partition coefficient (Wildman–Crippen LogP) is 3.90. The van der Waals surface area contributed by atoms with Crippen LogP contribution in [-0.2, 0) is 11.3 Å². The van der Waals surface area contributed by atoms with Gasteiger partial charge in [-0.2, -0.15) is 0 Å². The minimum atomic E-state index is -0.386. The van der Waals surface area contributed by atoms with E-state index in [1.54, 1.807) is 6.07 Å². The van der Waals surface area contributed by atoms with E-state index in [0.717, 1.165) is 10.4 Å². The lowest BCUT2D eigenvalue weighted by Crippen LogP contribution is -2.27. The third-order valence-corrected chi connectivity index (χ3v) is 5.11. The third kappa shape index (κ3) is 3.63. The lowest BCUT2D eigenvalue weighted by molar-refractivity contribution is -0.116. The second-order valence-corrected chi connectivity index (χ2v) is 6.96. The molecule has 4 aromatic rings. The van der Waals surface area contributed by atoms with Gasteiger partial charge >= 0.3 is 0 Å². The minimum absolute atomic E-state index is 0.171. The molecule has 0 atom stereocenters. The van der Waals surface area contributed by atoms with Gasteiger partial charge < -0.3 is 5.32 Å². The highest BCUT2D eigenvalue weighted by Crippen LogP contribution is 2.30. The molecule has 1 amide bonds. The Bertz CT molecular complexity index is 1170. The van der Waals surface area contributed by atoms with Crippen LogP contribution in [0.1, 0.15) is 0 Å². The van der Waals surface area contributed by atoms with Gasteiger partial charge in [-0.3, -0.25) is 14.2 Å². The largest absolute Gasteiger partial charge is 0.325 e. The minimum Gasteiger partial charge on any atom is -0.325 e. The average molecular weight is 379 g/mol. The first kappa shape index (κ1) is 17.1. The molecule has 0 saturated heterocycles. The van der Waals surface area contributed by atoms with Crippen molar-refractivity contribution in [2.45, 2.75) is 6.54 Å². The predicted molar refractivity (Wildman–Crippen MR) is 104 cm³/mol. The normalized spacial score (nSPS) is 10.9. The highest BCUT2D eigenvalue weighted by Gasteiger charge is 2.12. The summed E-state index contributed by atoms with van der Waals surface area (Å²) in [4.78, 5) is 30.8. The molecule has 0 unspecified atom stereocenters. The van der Waals surface area contributed by atoms with Gasteiger partial charge in [-0.25, -0.2) is 9.37 Å². The van der Waals surface area contributed by atoms with Crippen LogP contribution in [0, 0.1) is 5.82 Å². The summed E-state index contributed by atoms with van der Waals surface area (Å²) >= 11 is 1.44. The molecule has 0 radical (unpaired) electrons. The van der Waals surface area contributed by atoms with Crippen molar-refractivity contribution in [3.8, 4) is 10.4 Å². The summed E-state index contributed by atoms with van der Waals surface area (Å²) in [6.45, 7) is -0.171. The van der Waals surface area contributed by atoms with Crippen LogP contribution in [0.15, 0.2) is 71.8 Å². The molecular formula is C20H14FN3O2S. The lowest BCUT2D eigenvalue weighted by Gasteiger charge is -2.07. The highest BCUT2D eigenvalue weighted by molar-refractivity contribution is 7.21. The van der Waals surface area contributed by atoms with Crippen LogP contribution in [0.4, 0.5) is 10.1 Å². The summed E-state index contributed by atoms with van der Waals surface area (Å²) in [5.74, 6) is -0.770. The number of rotatable bonds is 4. The number of hydrogen-bond donors (Lipinski definition) is 1. The Balaban J connectivity index is 1.59. The Morgan fingerprint density at radius 3 is 2.59 bits per heavy atom. The second kappa shape index (κ2) is 7.13. The van der Waals surface area contributed by atoms with Gasteiger partial charge in [-0.05, 0) is 35.9 Å². The number of halogens is 1. The fourth-order valence-corrected chi connectivity index (χ4v) is 3.70. The SMILES string of the molecule is O=C(Cn1cnc2sc(-c3ccccc3)cc2c1=O)Nc1ccc(F)cc1. The first-order chi connectivity index (χ1) is 13.1. The molecular weight excluding hydrogens is 365 g/mol. The van der Waals surface area contributed by atoms with Crippen molar-refractivity contribution in [1.29, 1.82) is 0 Å². The first-order valence-electron chi connectivity index (χ1n) is 8.20. The Morgan fingerprint density at radius 2 is 1.85 bits per heavy atom. The van der Waals surface area contributed by atoms with E-state index in [1.807, 2.05) is 30.3 Å². The number of hydrogen-bond acceptors (Lipinski definition) is 4. The van der Waals surface area contributed by atoms with E-state index >= 15 is 0 Å². The molecule has 0 aliphatic rings. The van der Waals surface area contributed by atoms with Crippen LogP contribution in [-0.4, -0.2) is 15.5 Å². The van der Waals surface area contributed by atoms with Crippen LogP contribution < -0.4 is 10.9 Å². The van der Waals surface area contributed by atoms with Gasteiger partial charge in [0.25, 0.3) is 5.56 Å². The molecule has 1 N–H and O–H groups in total. The number of aromatic nitrogens is 2. The molecule has 5 nitrogen and oxygen atoms in total. The number of nitrogens with zero attached hydrogens (tertiary/aromatic N) is 2. The molecule has 134 valence electrons. The van der Waals surface area contributed by atoms with E-state index in [2.05, 4.69) is 10.3 Å². The molecule has 4 rings (SSSR count). The van der Waals surface area contributed by atoms with E-state index < -0.39 is 0 Å². The standard InChI is InChI=1S/C20H14FN3O2S/c21-14-6-8-15(9-7-14)23-18(25)11-24-12-22-19-16(20(24)26)10-17(27-19)13-4-2-1-3-5-13/h1-10,12H,11H2,(H,23,25). The summed E-state index contributed by atoms with van der Waals surface area (Å²) in [6.07, 6.45) is 1.38. The van der Waals surface area contributed by atoms with Crippen molar-refractivity contribution < 1.29 is 9.18 Å². The Hall–Kier alpha value is -3.32. The molecule has 2 aromatic carbocycles. The van der Waals surface area contributed by atoms with Gasteiger partial charge in [-0.1, -0.05) is 30.3 Å². The van der Waals surface area contributed by atoms with Crippen LogP contribution >= 0.6 is 11.3 Å². The molecule has 7 heteroatoms. The monoisotopic (exact) mass is 379 g/mol. The van der Waals surface area contributed by atoms with E-state index in [1.165, 1.54) is 46.5 Å². The Morgan fingerprint density at radius 1 is 1.11 bits per heavy atom. The molecule has 2 heterocycles. The van der Waals surface area contributed by atoms with Gasteiger partial charge in [0.15, 0.2) is 0 Å². The summed E-state index contributed by atoms with van der Waals surface area (Å²) in [5.41, 5.74) is 1.21. The number of carbonyl (C=O) groups is 1. The summed E-state index contributed by atoms with van der Waals surface area (Å²) in [7, 11) is 0. The lowest BCUT2D eigenvalue weighted by atomic mass is 10.2. The molecule has 0 fully saturated rings.